The van der Waals surface area contributed by atoms with Gasteiger partial charge in [-0.3, -0.25) is 9.69 Å². The third-order valence-corrected chi connectivity index (χ3v) is 6.77. The van der Waals surface area contributed by atoms with Crippen LogP contribution in [0, 0.1) is 24.2 Å². The highest BCUT2D eigenvalue weighted by atomic mass is 35.5. The van der Waals surface area contributed by atoms with Crippen molar-refractivity contribution in [2.75, 3.05) is 38.0 Å². The molecule has 0 bridgehead atoms. The second kappa shape index (κ2) is 10.00. The van der Waals surface area contributed by atoms with E-state index in [4.69, 9.17) is 16.9 Å². The quantitative estimate of drug-likeness (QED) is 0.719. The van der Waals surface area contributed by atoms with E-state index in [9.17, 15) is 9.59 Å². The number of nitrogens with one attached hydrogen (secondary N) is 1. The molecule has 178 valence electrons. The number of anilines is 1. The zero-order valence-corrected chi connectivity index (χ0v) is 20.5. The van der Waals surface area contributed by atoms with E-state index < -0.39 is 0 Å². The minimum absolute atomic E-state index is 0.122. The van der Waals surface area contributed by atoms with Crippen LogP contribution in [0.3, 0.4) is 0 Å². The standard InChI is InChI=1S/C25H29ClN6O2/c1-16-12-31(13-16)25(34)32-7-6-30(14-17(32)2)15-20-8-21(26)10-23(18(20)3)29-24(33)19-4-5-28-22(9-19)11-27/h4-5,8-10,16-17H,6-7,12-15H2,1-3H3,(H,29,33)/t17-/m0/s1. The summed E-state index contributed by atoms with van der Waals surface area (Å²) in [4.78, 5) is 35.6. The first-order valence-corrected chi connectivity index (χ1v) is 11.9. The van der Waals surface area contributed by atoms with Crippen LogP contribution in [0.4, 0.5) is 10.5 Å². The molecule has 0 spiro atoms. The van der Waals surface area contributed by atoms with Crippen molar-refractivity contribution in [3.05, 3.63) is 57.9 Å². The Morgan fingerprint density at radius 2 is 1.97 bits per heavy atom. The summed E-state index contributed by atoms with van der Waals surface area (Å²) in [6, 6.07) is 8.90. The van der Waals surface area contributed by atoms with Crippen LogP contribution in [-0.2, 0) is 6.54 Å². The highest BCUT2D eigenvalue weighted by molar-refractivity contribution is 6.31. The maximum Gasteiger partial charge on any atom is 0.320 e. The first kappa shape index (κ1) is 24.0. The molecule has 2 aliphatic rings. The maximum absolute atomic E-state index is 12.8. The van der Waals surface area contributed by atoms with Crippen molar-refractivity contribution in [2.24, 2.45) is 5.92 Å². The third kappa shape index (κ3) is 5.16. The SMILES string of the molecule is Cc1c(CN2CCN(C(=O)N3CC(C)C3)[C@@H](C)C2)cc(Cl)cc1NC(=O)c1ccnc(C#N)c1. The van der Waals surface area contributed by atoms with Gasteiger partial charge in [-0.15, -0.1) is 0 Å². The van der Waals surface area contributed by atoms with Crippen LogP contribution in [0.15, 0.2) is 30.5 Å². The summed E-state index contributed by atoms with van der Waals surface area (Å²) in [7, 11) is 0. The number of hydrogen-bond acceptors (Lipinski definition) is 5. The number of likely N-dealkylation sites (tertiary alicyclic amines) is 1. The fraction of sp³-hybridized carbons (Fsp3) is 0.440. The zero-order chi connectivity index (χ0) is 24.4. The van der Waals surface area contributed by atoms with Crippen LogP contribution >= 0.6 is 11.6 Å². The molecule has 1 aromatic carbocycles. The average molecular weight is 481 g/mol. The topological polar surface area (TPSA) is 92.6 Å². The summed E-state index contributed by atoms with van der Waals surface area (Å²) in [6.45, 7) is 10.8. The lowest BCUT2D eigenvalue weighted by Crippen LogP contribution is -2.60. The number of nitrogens with zero attached hydrogens (tertiary/aromatic N) is 5. The number of carbonyl (C=O) groups is 2. The molecule has 1 atom stereocenters. The number of piperazine rings is 1. The van der Waals surface area contributed by atoms with E-state index in [0.29, 0.717) is 35.3 Å². The second-order valence-corrected chi connectivity index (χ2v) is 9.74. The minimum Gasteiger partial charge on any atom is -0.324 e. The summed E-state index contributed by atoms with van der Waals surface area (Å²) >= 11 is 6.40. The Labute approximate surface area is 205 Å². The predicted octanol–water partition coefficient (Wildman–Crippen LogP) is 3.75. The first-order chi connectivity index (χ1) is 16.2. The van der Waals surface area contributed by atoms with Crippen molar-refractivity contribution >= 4 is 29.2 Å². The van der Waals surface area contributed by atoms with Gasteiger partial charge in [0.1, 0.15) is 11.8 Å². The maximum atomic E-state index is 12.8. The normalized spacial score (nSPS) is 18.9. The van der Waals surface area contributed by atoms with E-state index >= 15 is 0 Å². The molecule has 9 heteroatoms. The molecule has 8 nitrogen and oxygen atoms in total. The predicted molar refractivity (Wildman–Crippen MR) is 131 cm³/mol. The summed E-state index contributed by atoms with van der Waals surface area (Å²) in [5.41, 5.74) is 3.15. The number of amides is 3. The molecule has 3 amide bonds. The monoisotopic (exact) mass is 480 g/mol. The summed E-state index contributed by atoms with van der Waals surface area (Å²) in [5.74, 6) is 0.268. The summed E-state index contributed by atoms with van der Waals surface area (Å²) < 4.78 is 0. The Bertz CT molecular complexity index is 1140. The van der Waals surface area contributed by atoms with Gasteiger partial charge < -0.3 is 15.1 Å². The molecule has 4 rings (SSSR count). The molecule has 1 N–H and O–H groups in total. The van der Waals surface area contributed by atoms with E-state index in [1.807, 2.05) is 28.9 Å². The van der Waals surface area contributed by atoms with Crippen LogP contribution < -0.4 is 5.32 Å². The van der Waals surface area contributed by atoms with E-state index in [-0.39, 0.29) is 23.7 Å². The Hall–Kier alpha value is -3.15. The number of pyridine rings is 1. The number of carbonyl (C=O) groups excluding carboxylic acids is 2. The Morgan fingerprint density at radius 1 is 1.21 bits per heavy atom. The third-order valence-electron chi connectivity index (χ3n) is 6.55. The minimum atomic E-state index is -0.323. The van der Waals surface area contributed by atoms with Crippen molar-refractivity contribution < 1.29 is 9.59 Å². The number of halogens is 1. The van der Waals surface area contributed by atoms with Crippen LogP contribution in [0.5, 0.6) is 0 Å². The smallest absolute Gasteiger partial charge is 0.320 e. The Morgan fingerprint density at radius 3 is 2.65 bits per heavy atom. The van der Waals surface area contributed by atoms with Gasteiger partial charge in [0, 0.05) is 67.8 Å². The zero-order valence-electron chi connectivity index (χ0n) is 19.7. The van der Waals surface area contributed by atoms with Crippen molar-refractivity contribution in [3.63, 3.8) is 0 Å². The Balaban J connectivity index is 1.42. The van der Waals surface area contributed by atoms with E-state index in [0.717, 1.165) is 37.3 Å². The fourth-order valence-electron chi connectivity index (χ4n) is 4.60. The average Bonchev–Trinajstić information content (AvgIpc) is 2.79. The van der Waals surface area contributed by atoms with E-state index in [1.165, 1.54) is 12.3 Å². The largest absolute Gasteiger partial charge is 0.324 e. The number of urea groups is 1. The number of nitriles is 1. The second-order valence-electron chi connectivity index (χ2n) is 9.30. The highest BCUT2D eigenvalue weighted by Gasteiger charge is 2.35. The van der Waals surface area contributed by atoms with Crippen LogP contribution in [0.2, 0.25) is 5.02 Å². The lowest BCUT2D eigenvalue weighted by atomic mass is 10.0. The molecule has 3 heterocycles. The number of aromatic nitrogens is 1. The van der Waals surface area contributed by atoms with Gasteiger partial charge in [0.25, 0.3) is 5.91 Å². The Kier molecular flexibility index (Phi) is 7.05. The van der Waals surface area contributed by atoms with Crippen molar-refractivity contribution in [1.82, 2.24) is 19.7 Å². The number of hydrogen-bond donors (Lipinski definition) is 1. The molecule has 0 radical (unpaired) electrons. The van der Waals surface area contributed by atoms with Crippen LogP contribution in [-0.4, -0.2) is 70.4 Å². The first-order valence-electron chi connectivity index (χ1n) is 11.5. The lowest BCUT2D eigenvalue weighted by Gasteiger charge is -2.46. The summed E-state index contributed by atoms with van der Waals surface area (Å²) in [5, 5.41) is 12.5. The van der Waals surface area contributed by atoms with Gasteiger partial charge in [-0.05, 0) is 55.2 Å². The lowest BCUT2D eigenvalue weighted by molar-refractivity contribution is 0.0525. The van der Waals surface area contributed by atoms with E-state index in [2.05, 4.69) is 29.0 Å². The van der Waals surface area contributed by atoms with Crippen LogP contribution in [0.1, 0.15) is 41.0 Å². The van der Waals surface area contributed by atoms with Crippen molar-refractivity contribution in [1.29, 1.82) is 5.26 Å². The molecular weight excluding hydrogens is 452 g/mol. The van der Waals surface area contributed by atoms with Gasteiger partial charge in [-0.1, -0.05) is 18.5 Å². The van der Waals surface area contributed by atoms with E-state index in [1.54, 1.807) is 12.1 Å². The molecular formula is C25H29ClN6O2. The van der Waals surface area contributed by atoms with Crippen molar-refractivity contribution in [2.45, 2.75) is 33.4 Å². The molecule has 0 aliphatic carbocycles. The molecule has 34 heavy (non-hydrogen) atoms. The number of rotatable bonds is 4. The molecule has 2 aliphatic heterocycles. The van der Waals surface area contributed by atoms with Gasteiger partial charge in [0.2, 0.25) is 0 Å². The fourth-order valence-corrected chi connectivity index (χ4v) is 4.84. The molecule has 0 saturated carbocycles. The number of benzene rings is 1. The molecule has 1 aromatic heterocycles. The molecule has 2 fully saturated rings. The van der Waals surface area contributed by atoms with Gasteiger partial charge in [-0.2, -0.15) is 5.26 Å². The molecule has 2 aromatic rings. The highest BCUT2D eigenvalue weighted by Crippen LogP contribution is 2.28. The molecule has 2 saturated heterocycles. The van der Waals surface area contributed by atoms with Gasteiger partial charge in [0.05, 0.1) is 0 Å². The van der Waals surface area contributed by atoms with Crippen LogP contribution in [0.25, 0.3) is 0 Å². The van der Waals surface area contributed by atoms with Gasteiger partial charge in [-0.25, -0.2) is 9.78 Å². The van der Waals surface area contributed by atoms with Crippen molar-refractivity contribution in [3.8, 4) is 6.07 Å². The molecule has 0 unspecified atom stereocenters. The van der Waals surface area contributed by atoms with Gasteiger partial charge in [0.15, 0.2) is 0 Å². The summed E-state index contributed by atoms with van der Waals surface area (Å²) in [6.07, 6.45) is 1.44. The van der Waals surface area contributed by atoms with Gasteiger partial charge >= 0.3 is 6.03 Å².